The minimum Gasteiger partial charge on any atom is -0.496 e. The molecule has 0 fully saturated rings. The second-order valence-corrected chi connectivity index (χ2v) is 5.35. The number of aryl methyl sites for hydroxylation is 1. The number of benzene rings is 1. The van der Waals surface area contributed by atoms with Gasteiger partial charge in [-0.25, -0.2) is 4.99 Å². The first-order valence-corrected chi connectivity index (χ1v) is 7.20. The van der Waals surface area contributed by atoms with Crippen LogP contribution in [0.15, 0.2) is 17.1 Å². The topological polar surface area (TPSA) is 68.8 Å². The molecule has 1 N–H and O–H groups in total. The lowest BCUT2D eigenvalue weighted by Crippen LogP contribution is -2.42. The van der Waals surface area contributed by atoms with E-state index in [1.807, 2.05) is 6.92 Å². The summed E-state index contributed by atoms with van der Waals surface area (Å²) >= 11 is 0. The summed E-state index contributed by atoms with van der Waals surface area (Å²) in [6.45, 7) is 4.21. The third-order valence-electron chi connectivity index (χ3n) is 3.66. The molecule has 0 bridgehead atoms. The standard InChI is InChI=1S/C16H20F3N3O2/c1-5-22(3)10-21-13-9-14(24-4)12(8-11(13)2)15(23,6-7-20)16(17,18)19/h8-10,23H,5-6H2,1-4H3. The van der Waals surface area contributed by atoms with Crippen molar-refractivity contribution in [2.24, 2.45) is 4.99 Å². The van der Waals surface area contributed by atoms with E-state index >= 15 is 0 Å². The van der Waals surface area contributed by atoms with E-state index in [4.69, 9.17) is 10.00 Å². The van der Waals surface area contributed by atoms with Gasteiger partial charge < -0.3 is 14.7 Å². The minimum atomic E-state index is -5.02. The molecule has 1 atom stereocenters. The quantitative estimate of drug-likeness (QED) is 0.636. The molecule has 0 radical (unpaired) electrons. The molecule has 5 nitrogen and oxygen atoms in total. The largest absolute Gasteiger partial charge is 0.496 e. The van der Waals surface area contributed by atoms with Gasteiger partial charge in [-0.05, 0) is 25.5 Å². The summed E-state index contributed by atoms with van der Waals surface area (Å²) in [5.74, 6) is -0.179. The molecule has 0 heterocycles. The van der Waals surface area contributed by atoms with Crippen molar-refractivity contribution in [1.82, 2.24) is 4.90 Å². The van der Waals surface area contributed by atoms with Gasteiger partial charge in [0.2, 0.25) is 5.60 Å². The summed E-state index contributed by atoms with van der Waals surface area (Å²) < 4.78 is 45.0. The molecule has 0 saturated heterocycles. The Hall–Kier alpha value is -2.27. The number of rotatable bonds is 6. The third kappa shape index (κ3) is 3.97. The van der Waals surface area contributed by atoms with E-state index in [0.29, 0.717) is 17.8 Å². The molecular formula is C16H20F3N3O2. The fraction of sp³-hybridized carbons (Fsp3) is 0.500. The van der Waals surface area contributed by atoms with Crippen LogP contribution in [0.3, 0.4) is 0 Å². The van der Waals surface area contributed by atoms with Gasteiger partial charge in [-0.2, -0.15) is 18.4 Å². The fourth-order valence-electron chi connectivity index (χ4n) is 2.01. The number of hydrogen-bond acceptors (Lipinski definition) is 4. The fourth-order valence-corrected chi connectivity index (χ4v) is 2.01. The Balaban J connectivity index is 3.48. The molecule has 24 heavy (non-hydrogen) atoms. The first-order chi connectivity index (χ1) is 11.1. The number of aliphatic hydroxyl groups is 1. The molecule has 0 aliphatic carbocycles. The molecular weight excluding hydrogens is 323 g/mol. The van der Waals surface area contributed by atoms with Crippen LogP contribution in [0.2, 0.25) is 0 Å². The van der Waals surface area contributed by atoms with Gasteiger partial charge in [-0.1, -0.05) is 0 Å². The smallest absolute Gasteiger partial charge is 0.422 e. The monoisotopic (exact) mass is 343 g/mol. The van der Waals surface area contributed by atoms with Crippen LogP contribution in [0.5, 0.6) is 5.75 Å². The summed E-state index contributed by atoms with van der Waals surface area (Å²) in [5.41, 5.74) is -2.97. The summed E-state index contributed by atoms with van der Waals surface area (Å²) in [6, 6.07) is 3.86. The van der Waals surface area contributed by atoms with Crippen LogP contribution in [0.4, 0.5) is 18.9 Å². The van der Waals surface area contributed by atoms with Crippen LogP contribution in [0.1, 0.15) is 24.5 Å². The van der Waals surface area contributed by atoms with Crippen LogP contribution >= 0.6 is 0 Å². The van der Waals surface area contributed by atoms with E-state index in [9.17, 15) is 18.3 Å². The van der Waals surface area contributed by atoms with E-state index in [-0.39, 0.29) is 5.75 Å². The molecule has 0 aromatic heterocycles. The second kappa shape index (κ2) is 7.53. The van der Waals surface area contributed by atoms with Gasteiger partial charge in [0, 0.05) is 25.2 Å². The van der Waals surface area contributed by atoms with Crippen molar-refractivity contribution in [3.8, 4) is 11.8 Å². The van der Waals surface area contributed by atoms with Crippen LogP contribution < -0.4 is 4.74 Å². The first kappa shape index (κ1) is 19.8. The van der Waals surface area contributed by atoms with Crippen molar-refractivity contribution in [3.05, 3.63) is 23.3 Å². The second-order valence-electron chi connectivity index (χ2n) is 5.35. The third-order valence-corrected chi connectivity index (χ3v) is 3.66. The number of ether oxygens (including phenoxy) is 1. The van der Waals surface area contributed by atoms with Crippen molar-refractivity contribution >= 4 is 12.0 Å². The maximum atomic E-state index is 13.3. The summed E-state index contributed by atoms with van der Waals surface area (Å²) in [6.07, 6.45) is -4.60. The Bertz CT molecular complexity index is 653. The van der Waals surface area contributed by atoms with Crippen LogP contribution in [-0.4, -0.2) is 43.2 Å². The highest BCUT2D eigenvalue weighted by atomic mass is 19.4. The molecule has 0 amide bonds. The summed E-state index contributed by atoms with van der Waals surface area (Å²) in [5, 5.41) is 18.8. The molecule has 1 rings (SSSR count). The molecule has 8 heteroatoms. The number of hydrogen-bond donors (Lipinski definition) is 1. The Labute approximate surface area is 139 Å². The maximum absolute atomic E-state index is 13.3. The zero-order chi connectivity index (χ0) is 18.5. The highest BCUT2D eigenvalue weighted by Gasteiger charge is 2.56. The van der Waals surface area contributed by atoms with Crippen molar-refractivity contribution in [2.75, 3.05) is 20.7 Å². The number of nitrogens with zero attached hydrogens (tertiary/aromatic N) is 3. The molecule has 0 aliphatic rings. The lowest BCUT2D eigenvalue weighted by Gasteiger charge is -2.30. The van der Waals surface area contributed by atoms with Crippen molar-refractivity contribution < 1.29 is 23.0 Å². The molecule has 0 saturated carbocycles. The summed E-state index contributed by atoms with van der Waals surface area (Å²) in [4.78, 5) is 6.00. The predicted octanol–water partition coefficient (Wildman–Crippen LogP) is 3.28. The normalized spacial score (nSPS) is 14.3. The van der Waals surface area contributed by atoms with Gasteiger partial charge in [0.15, 0.2) is 0 Å². The number of aliphatic imine (C=N–C) groups is 1. The highest BCUT2D eigenvalue weighted by Crippen LogP contribution is 2.46. The number of methoxy groups -OCH3 is 1. The number of nitriles is 1. The Morgan fingerprint density at radius 3 is 2.50 bits per heavy atom. The Kier molecular flexibility index (Phi) is 6.21. The average Bonchev–Trinajstić information content (AvgIpc) is 2.52. The van der Waals surface area contributed by atoms with Gasteiger partial charge >= 0.3 is 6.18 Å². The first-order valence-electron chi connectivity index (χ1n) is 7.20. The molecule has 0 spiro atoms. The minimum absolute atomic E-state index is 0.179. The maximum Gasteiger partial charge on any atom is 0.422 e. The van der Waals surface area contributed by atoms with Crippen LogP contribution in [-0.2, 0) is 5.60 Å². The van der Waals surface area contributed by atoms with E-state index < -0.39 is 23.8 Å². The molecule has 132 valence electrons. The van der Waals surface area contributed by atoms with E-state index in [2.05, 4.69) is 4.99 Å². The lowest BCUT2D eigenvalue weighted by molar-refractivity contribution is -0.265. The highest BCUT2D eigenvalue weighted by molar-refractivity contribution is 5.65. The van der Waals surface area contributed by atoms with Gasteiger partial charge in [0.05, 0.1) is 31.6 Å². The van der Waals surface area contributed by atoms with E-state index in [0.717, 1.165) is 6.07 Å². The van der Waals surface area contributed by atoms with Gasteiger partial charge in [0.1, 0.15) is 5.75 Å². The van der Waals surface area contributed by atoms with Crippen molar-refractivity contribution in [2.45, 2.75) is 32.0 Å². The average molecular weight is 343 g/mol. The summed E-state index contributed by atoms with van der Waals surface area (Å²) in [7, 11) is 3.00. The van der Waals surface area contributed by atoms with Crippen molar-refractivity contribution in [3.63, 3.8) is 0 Å². The molecule has 0 aliphatic heterocycles. The predicted molar refractivity (Wildman–Crippen MR) is 84.4 cm³/mol. The Morgan fingerprint density at radius 1 is 1.42 bits per heavy atom. The van der Waals surface area contributed by atoms with Gasteiger partial charge in [-0.3, -0.25) is 0 Å². The zero-order valence-electron chi connectivity index (χ0n) is 14.0. The van der Waals surface area contributed by atoms with Crippen LogP contribution in [0.25, 0.3) is 0 Å². The Morgan fingerprint density at radius 2 is 2.04 bits per heavy atom. The van der Waals surface area contributed by atoms with Gasteiger partial charge in [-0.15, -0.1) is 0 Å². The molecule has 1 aromatic carbocycles. The lowest BCUT2D eigenvalue weighted by atomic mass is 9.88. The van der Waals surface area contributed by atoms with E-state index in [1.54, 1.807) is 25.2 Å². The SMILES string of the molecule is CCN(C)C=Nc1cc(OC)c(C(O)(CC#N)C(F)(F)F)cc1C. The molecule has 1 unspecified atom stereocenters. The number of halogens is 3. The van der Waals surface area contributed by atoms with Gasteiger partial charge in [0.25, 0.3) is 0 Å². The van der Waals surface area contributed by atoms with Crippen LogP contribution in [0, 0.1) is 18.3 Å². The van der Waals surface area contributed by atoms with E-state index in [1.165, 1.54) is 19.2 Å². The van der Waals surface area contributed by atoms with Crippen molar-refractivity contribution in [1.29, 1.82) is 5.26 Å². The number of alkyl halides is 3. The zero-order valence-corrected chi connectivity index (χ0v) is 14.0. The molecule has 1 aromatic rings.